The molecule has 117 valence electrons. The third kappa shape index (κ3) is 2.38. The number of benzene rings is 1. The fraction of sp³-hybridized carbons (Fsp3) is 0. The number of hydrogen-bond donors (Lipinski definition) is 1. The van der Waals surface area contributed by atoms with Gasteiger partial charge in [-0.3, -0.25) is 4.79 Å². The van der Waals surface area contributed by atoms with Gasteiger partial charge in [-0.25, -0.2) is 14.1 Å². The molecule has 1 aromatic heterocycles. The maximum atomic E-state index is 13.9. The molecule has 2 aromatic rings. The van der Waals surface area contributed by atoms with Crippen LogP contribution in [0, 0.1) is 12.9 Å². The van der Waals surface area contributed by atoms with Crippen LogP contribution in [0.5, 0.6) is 0 Å². The van der Waals surface area contributed by atoms with Gasteiger partial charge in [-0.2, -0.15) is 0 Å². The quantitative estimate of drug-likeness (QED) is 0.663. The zero-order valence-electron chi connectivity index (χ0n) is 11.5. The number of primary amides is 1. The Balaban J connectivity index is 2.34. The Morgan fingerprint density at radius 2 is 2.17 bits per heavy atom. The molecule has 1 aliphatic rings. The monoisotopic (exact) mass is 351 g/mol. The topological polar surface area (TPSA) is 72.6 Å². The molecule has 0 saturated heterocycles. The molecule has 0 unspecified atom stereocenters. The van der Waals surface area contributed by atoms with Crippen molar-refractivity contribution in [3.63, 3.8) is 0 Å². The van der Waals surface area contributed by atoms with E-state index in [1.165, 1.54) is 17.4 Å². The number of carbonyl (C=O) groups excluding carboxylic acids is 2. The molecule has 2 heterocycles. The SMILES string of the molecule is [CH2]O/C(=C1\C(=O)N(C(N)=O)c2cc(Cl)c(F)cc21)c1cccs1. The average Bonchev–Trinajstić information content (AvgIpc) is 3.09. The number of nitrogens with two attached hydrogens (primary N) is 1. The fourth-order valence-electron chi connectivity index (χ4n) is 2.37. The van der Waals surface area contributed by atoms with Gasteiger partial charge in [0.15, 0.2) is 0 Å². The Hall–Kier alpha value is -2.38. The highest BCUT2D eigenvalue weighted by molar-refractivity contribution is 7.11. The van der Waals surface area contributed by atoms with E-state index >= 15 is 0 Å². The third-order valence-electron chi connectivity index (χ3n) is 3.30. The average molecular weight is 352 g/mol. The van der Waals surface area contributed by atoms with Gasteiger partial charge in [0.25, 0.3) is 5.91 Å². The van der Waals surface area contributed by atoms with E-state index in [-0.39, 0.29) is 27.6 Å². The summed E-state index contributed by atoms with van der Waals surface area (Å²) in [5, 5.41) is 1.56. The van der Waals surface area contributed by atoms with Crippen LogP contribution in [-0.2, 0) is 9.53 Å². The second-order valence-corrected chi connectivity index (χ2v) is 5.94. The summed E-state index contributed by atoms with van der Waals surface area (Å²) in [7, 11) is 3.35. The van der Waals surface area contributed by atoms with Crippen LogP contribution in [0.3, 0.4) is 0 Å². The molecule has 0 bridgehead atoms. The van der Waals surface area contributed by atoms with Gasteiger partial charge in [-0.15, -0.1) is 11.3 Å². The second-order valence-electron chi connectivity index (χ2n) is 4.59. The summed E-state index contributed by atoms with van der Waals surface area (Å²) in [6, 6.07) is 4.72. The fourth-order valence-corrected chi connectivity index (χ4v) is 3.26. The van der Waals surface area contributed by atoms with E-state index in [0.29, 0.717) is 4.88 Å². The molecule has 1 radical (unpaired) electrons. The highest BCUT2D eigenvalue weighted by atomic mass is 35.5. The van der Waals surface area contributed by atoms with Crippen LogP contribution in [0.15, 0.2) is 29.6 Å². The predicted octanol–water partition coefficient (Wildman–Crippen LogP) is 3.64. The smallest absolute Gasteiger partial charge is 0.326 e. The lowest BCUT2D eigenvalue weighted by molar-refractivity contribution is -0.112. The van der Waals surface area contributed by atoms with Crippen molar-refractivity contribution in [1.82, 2.24) is 0 Å². The molecule has 0 spiro atoms. The molecular formula is C15H9ClFN2O3S. The summed E-state index contributed by atoms with van der Waals surface area (Å²) in [5.41, 5.74) is 5.55. The number of hydrogen-bond acceptors (Lipinski definition) is 4. The molecule has 1 aromatic carbocycles. The number of urea groups is 1. The lowest BCUT2D eigenvalue weighted by Crippen LogP contribution is -2.38. The molecule has 2 N–H and O–H groups in total. The van der Waals surface area contributed by atoms with Gasteiger partial charge >= 0.3 is 6.03 Å². The van der Waals surface area contributed by atoms with Gasteiger partial charge in [-0.1, -0.05) is 17.7 Å². The van der Waals surface area contributed by atoms with Crippen LogP contribution < -0.4 is 10.6 Å². The molecule has 0 aliphatic carbocycles. The number of halogens is 2. The first-order chi connectivity index (χ1) is 11.0. The number of imide groups is 1. The van der Waals surface area contributed by atoms with E-state index < -0.39 is 17.8 Å². The van der Waals surface area contributed by atoms with E-state index in [1.54, 1.807) is 17.5 Å². The summed E-state index contributed by atoms with van der Waals surface area (Å²) in [6.45, 7) is 0. The van der Waals surface area contributed by atoms with E-state index in [4.69, 9.17) is 22.1 Å². The Morgan fingerprint density at radius 3 is 2.74 bits per heavy atom. The van der Waals surface area contributed by atoms with Crippen LogP contribution in [0.2, 0.25) is 5.02 Å². The van der Waals surface area contributed by atoms with E-state index in [9.17, 15) is 14.0 Å². The first kappa shape index (κ1) is 15.5. The Bertz CT molecular complexity index is 849. The van der Waals surface area contributed by atoms with Gasteiger partial charge in [0, 0.05) is 5.56 Å². The highest BCUT2D eigenvalue weighted by Crippen LogP contribution is 2.43. The van der Waals surface area contributed by atoms with Crippen molar-refractivity contribution in [2.75, 3.05) is 4.90 Å². The predicted molar refractivity (Wildman–Crippen MR) is 86.1 cm³/mol. The number of fused-ring (bicyclic) bond motifs is 1. The number of ether oxygens (including phenoxy) is 1. The Labute approximate surface area is 139 Å². The van der Waals surface area contributed by atoms with E-state index in [1.807, 2.05) is 0 Å². The van der Waals surface area contributed by atoms with Crippen molar-refractivity contribution >= 4 is 51.9 Å². The Morgan fingerprint density at radius 1 is 1.43 bits per heavy atom. The lowest BCUT2D eigenvalue weighted by Gasteiger charge is -2.11. The normalized spacial score (nSPS) is 15.6. The summed E-state index contributed by atoms with van der Waals surface area (Å²) in [5.74, 6) is -1.31. The van der Waals surface area contributed by atoms with Gasteiger partial charge in [0.05, 0.1) is 21.2 Å². The first-order valence-electron chi connectivity index (χ1n) is 6.29. The van der Waals surface area contributed by atoms with Crippen molar-refractivity contribution in [2.45, 2.75) is 0 Å². The first-order valence-corrected chi connectivity index (χ1v) is 7.55. The maximum Gasteiger partial charge on any atom is 0.326 e. The minimum Gasteiger partial charge on any atom is -0.488 e. The minimum absolute atomic E-state index is 0.00631. The largest absolute Gasteiger partial charge is 0.488 e. The Kier molecular flexibility index (Phi) is 3.83. The molecule has 3 rings (SSSR count). The van der Waals surface area contributed by atoms with Crippen molar-refractivity contribution in [2.24, 2.45) is 5.73 Å². The number of thiophene rings is 1. The zero-order valence-corrected chi connectivity index (χ0v) is 13.1. The summed E-state index contributed by atoms with van der Waals surface area (Å²) in [6.07, 6.45) is 0. The number of nitrogens with zero attached hydrogens (tertiary/aromatic N) is 1. The van der Waals surface area contributed by atoms with Gasteiger partial charge in [0.2, 0.25) is 0 Å². The summed E-state index contributed by atoms with van der Waals surface area (Å²) < 4.78 is 18.9. The zero-order chi connectivity index (χ0) is 16.7. The van der Waals surface area contributed by atoms with Crippen molar-refractivity contribution in [3.05, 3.63) is 58.0 Å². The molecule has 3 amide bonds. The van der Waals surface area contributed by atoms with E-state index in [0.717, 1.165) is 11.0 Å². The number of carbonyl (C=O) groups is 2. The van der Waals surface area contributed by atoms with Crippen molar-refractivity contribution in [1.29, 1.82) is 0 Å². The highest BCUT2D eigenvalue weighted by Gasteiger charge is 2.39. The number of rotatable bonds is 2. The van der Waals surface area contributed by atoms with Gasteiger partial charge < -0.3 is 10.5 Å². The van der Waals surface area contributed by atoms with Crippen LogP contribution in [0.25, 0.3) is 11.3 Å². The van der Waals surface area contributed by atoms with Crippen molar-refractivity contribution in [3.8, 4) is 0 Å². The molecule has 1 aliphatic heterocycles. The number of anilines is 1. The third-order valence-corrected chi connectivity index (χ3v) is 4.46. The second kappa shape index (κ2) is 5.68. The summed E-state index contributed by atoms with van der Waals surface area (Å²) in [4.78, 5) is 25.6. The van der Waals surface area contributed by atoms with Crippen LogP contribution in [-0.4, -0.2) is 11.9 Å². The lowest BCUT2D eigenvalue weighted by atomic mass is 10.0. The molecule has 0 atom stereocenters. The molecule has 8 heteroatoms. The van der Waals surface area contributed by atoms with E-state index in [2.05, 4.69) is 7.11 Å². The van der Waals surface area contributed by atoms with Gasteiger partial charge in [-0.05, 0) is 23.6 Å². The molecule has 0 fully saturated rings. The van der Waals surface area contributed by atoms with Gasteiger partial charge in [0.1, 0.15) is 18.7 Å². The standard InChI is InChI=1S/C15H9ClFN2O3S/c1-22-13(11-3-2-4-23-11)12-7-5-9(17)8(16)6-10(7)19(14(12)20)15(18)21/h2-6H,1H2,(H2,18,21)/b13-12-. The molecule has 5 nitrogen and oxygen atoms in total. The summed E-state index contributed by atoms with van der Waals surface area (Å²) >= 11 is 7.05. The van der Waals surface area contributed by atoms with Crippen LogP contribution in [0.4, 0.5) is 14.9 Å². The molecule has 23 heavy (non-hydrogen) atoms. The van der Waals surface area contributed by atoms with Crippen molar-refractivity contribution < 1.29 is 18.7 Å². The molecule has 0 saturated carbocycles. The number of amides is 3. The van der Waals surface area contributed by atoms with Crippen LogP contribution in [0.1, 0.15) is 10.4 Å². The molecular weight excluding hydrogens is 343 g/mol. The minimum atomic E-state index is -0.997. The maximum absolute atomic E-state index is 13.9. The van der Waals surface area contributed by atoms with Crippen LogP contribution >= 0.6 is 22.9 Å².